The molecule has 0 saturated heterocycles. The Hall–Kier alpha value is -1.43. The van der Waals surface area contributed by atoms with Crippen molar-refractivity contribution in [1.29, 1.82) is 0 Å². The second kappa shape index (κ2) is 8.43. The number of amides is 1. The van der Waals surface area contributed by atoms with Crippen molar-refractivity contribution in [3.05, 3.63) is 45.9 Å². The molecule has 2 aromatic rings. The number of aromatic nitrogens is 1. The van der Waals surface area contributed by atoms with Crippen LogP contribution in [0.1, 0.15) is 44.5 Å². The highest BCUT2D eigenvalue weighted by molar-refractivity contribution is 7.14. The van der Waals surface area contributed by atoms with Gasteiger partial charge in [0.2, 0.25) is 5.91 Å². The maximum absolute atomic E-state index is 11.6. The summed E-state index contributed by atoms with van der Waals surface area (Å²) in [6.07, 6.45) is 0.964. The predicted octanol–water partition coefficient (Wildman–Crippen LogP) is 4.41. The average Bonchev–Trinajstić information content (AvgIpc) is 2.97. The van der Waals surface area contributed by atoms with Crippen molar-refractivity contribution >= 4 is 34.0 Å². The van der Waals surface area contributed by atoms with Crippen LogP contribution in [0, 0.1) is 0 Å². The summed E-state index contributed by atoms with van der Waals surface area (Å²) < 4.78 is 0. The fourth-order valence-electron chi connectivity index (χ4n) is 2.44. The summed E-state index contributed by atoms with van der Waals surface area (Å²) in [5.41, 5.74) is 2.12. The van der Waals surface area contributed by atoms with Gasteiger partial charge < -0.3 is 5.32 Å². The van der Waals surface area contributed by atoms with E-state index < -0.39 is 0 Å². The first-order chi connectivity index (χ1) is 11.0. The van der Waals surface area contributed by atoms with Gasteiger partial charge in [-0.15, -0.1) is 11.3 Å². The first-order valence-corrected chi connectivity index (χ1v) is 9.02. The van der Waals surface area contributed by atoms with Gasteiger partial charge in [0.1, 0.15) is 0 Å². The lowest BCUT2D eigenvalue weighted by Crippen LogP contribution is -2.27. The van der Waals surface area contributed by atoms with Crippen LogP contribution in [0.25, 0.3) is 0 Å². The van der Waals surface area contributed by atoms with Crippen LogP contribution in [0.3, 0.4) is 0 Å². The molecule has 0 aliphatic rings. The van der Waals surface area contributed by atoms with Gasteiger partial charge in [-0.25, -0.2) is 4.98 Å². The molecular weight excluding hydrogens is 330 g/mol. The highest BCUT2D eigenvalue weighted by atomic mass is 35.5. The van der Waals surface area contributed by atoms with Crippen LogP contribution in [0.2, 0.25) is 5.02 Å². The second-order valence-electron chi connectivity index (χ2n) is 5.28. The summed E-state index contributed by atoms with van der Waals surface area (Å²) in [4.78, 5) is 17.8. The molecule has 1 atom stereocenters. The standard InChI is InChI=1S/C17H22ClN3OS/c1-4-16(13-7-6-8-14(18)9-13)19-10-15-11-23-17(20-15)21(5-2)12(3)22/h6-9,11,16,19H,4-5,10H2,1-3H3. The van der Waals surface area contributed by atoms with Gasteiger partial charge in [-0.05, 0) is 31.0 Å². The van der Waals surface area contributed by atoms with Gasteiger partial charge in [-0.1, -0.05) is 30.7 Å². The van der Waals surface area contributed by atoms with Crippen molar-refractivity contribution in [2.45, 2.75) is 39.8 Å². The molecule has 0 radical (unpaired) electrons. The van der Waals surface area contributed by atoms with Gasteiger partial charge in [-0.2, -0.15) is 0 Å². The Morgan fingerprint density at radius 2 is 2.22 bits per heavy atom. The van der Waals surface area contributed by atoms with Crippen LogP contribution < -0.4 is 10.2 Å². The lowest BCUT2D eigenvalue weighted by Gasteiger charge is -2.17. The molecule has 0 saturated carbocycles. The van der Waals surface area contributed by atoms with Crippen LogP contribution in [-0.4, -0.2) is 17.4 Å². The number of nitrogens with zero attached hydrogens (tertiary/aromatic N) is 2. The third kappa shape index (κ3) is 4.77. The minimum absolute atomic E-state index is 0.0201. The minimum Gasteiger partial charge on any atom is -0.304 e. The molecule has 1 aromatic carbocycles. The molecule has 1 aromatic heterocycles. The molecule has 23 heavy (non-hydrogen) atoms. The number of thiazole rings is 1. The van der Waals surface area contributed by atoms with Crippen LogP contribution >= 0.6 is 22.9 Å². The van der Waals surface area contributed by atoms with Crippen molar-refractivity contribution in [3.63, 3.8) is 0 Å². The van der Waals surface area contributed by atoms with Crippen LogP contribution in [0.15, 0.2) is 29.6 Å². The summed E-state index contributed by atoms with van der Waals surface area (Å²) in [5, 5.41) is 7.02. The maximum Gasteiger partial charge on any atom is 0.225 e. The van der Waals surface area contributed by atoms with Gasteiger partial charge in [0.25, 0.3) is 0 Å². The summed E-state index contributed by atoms with van der Waals surface area (Å²) in [5.74, 6) is 0.0201. The lowest BCUT2D eigenvalue weighted by molar-refractivity contribution is -0.116. The quantitative estimate of drug-likeness (QED) is 0.803. The van der Waals surface area contributed by atoms with Gasteiger partial charge in [0, 0.05) is 36.5 Å². The fourth-order valence-corrected chi connectivity index (χ4v) is 3.57. The normalized spacial score (nSPS) is 12.2. The Kier molecular flexibility index (Phi) is 6.57. The Balaban J connectivity index is 2.02. The zero-order valence-corrected chi connectivity index (χ0v) is 15.2. The predicted molar refractivity (Wildman–Crippen MR) is 97.1 cm³/mol. The zero-order valence-electron chi connectivity index (χ0n) is 13.7. The van der Waals surface area contributed by atoms with Crippen LogP contribution in [-0.2, 0) is 11.3 Å². The smallest absolute Gasteiger partial charge is 0.225 e. The van der Waals surface area contributed by atoms with E-state index in [0.29, 0.717) is 13.1 Å². The molecular formula is C17H22ClN3OS. The van der Waals surface area contributed by atoms with E-state index in [1.54, 1.807) is 11.8 Å². The number of halogens is 1. The first kappa shape index (κ1) is 17.9. The highest BCUT2D eigenvalue weighted by Gasteiger charge is 2.14. The molecule has 4 nitrogen and oxygen atoms in total. The van der Waals surface area contributed by atoms with Gasteiger partial charge in [0.15, 0.2) is 5.13 Å². The topological polar surface area (TPSA) is 45.2 Å². The van der Waals surface area contributed by atoms with Crippen molar-refractivity contribution in [2.75, 3.05) is 11.4 Å². The number of carbonyl (C=O) groups excluding carboxylic acids is 1. The molecule has 0 spiro atoms. The van der Waals surface area contributed by atoms with Gasteiger partial charge in [0.05, 0.1) is 5.69 Å². The number of nitrogens with one attached hydrogen (secondary N) is 1. The van der Waals surface area contributed by atoms with E-state index in [1.165, 1.54) is 16.9 Å². The van der Waals surface area contributed by atoms with E-state index in [9.17, 15) is 4.79 Å². The molecule has 1 heterocycles. The molecule has 1 N–H and O–H groups in total. The summed E-state index contributed by atoms with van der Waals surface area (Å²) in [7, 11) is 0. The van der Waals surface area contributed by atoms with E-state index in [-0.39, 0.29) is 11.9 Å². The molecule has 2 rings (SSSR count). The van der Waals surface area contributed by atoms with E-state index in [0.717, 1.165) is 22.3 Å². The lowest BCUT2D eigenvalue weighted by atomic mass is 10.0. The number of hydrogen-bond acceptors (Lipinski definition) is 4. The molecule has 1 amide bonds. The summed E-state index contributed by atoms with van der Waals surface area (Å²) in [6, 6.07) is 8.15. The molecule has 0 aliphatic carbocycles. The highest BCUT2D eigenvalue weighted by Crippen LogP contribution is 2.23. The average molecular weight is 352 g/mol. The van der Waals surface area contributed by atoms with Gasteiger partial charge >= 0.3 is 0 Å². The Labute approximate surface area is 146 Å². The summed E-state index contributed by atoms with van der Waals surface area (Å²) >= 11 is 7.57. The number of rotatable bonds is 7. The molecule has 124 valence electrons. The van der Waals surface area contributed by atoms with E-state index in [2.05, 4.69) is 23.3 Å². The van der Waals surface area contributed by atoms with Crippen LogP contribution in [0.5, 0.6) is 0 Å². The van der Waals surface area contributed by atoms with Crippen molar-refractivity contribution in [3.8, 4) is 0 Å². The van der Waals surface area contributed by atoms with E-state index in [4.69, 9.17) is 11.6 Å². The van der Waals surface area contributed by atoms with Crippen molar-refractivity contribution < 1.29 is 4.79 Å². The number of benzene rings is 1. The molecule has 0 bridgehead atoms. The number of anilines is 1. The monoisotopic (exact) mass is 351 g/mol. The SMILES string of the molecule is CCC(NCc1csc(N(CC)C(C)=O)n1)c1cccc(Cl)c1. The second-order valence-corrected chi connectivity index (χ2v) is 6.55. The minimum atomic E-state index is 0.0201. The molecule has 0 fully saturated rings. The Morgan fingerprint density at radius 1 is 1.43 bits per heavy atom. The largest absolute Gasteiger partial charge is 0.304 e. The first-order valence-electron chi connectivity index (χ1n) is 7.76. The van der Waals surface area contributed by atoms with Gasteiger partial charge in [-0.3, -0.25) is 9.69 Å². The molecule has 0 aliphatic heterocycles. The maximum atomic E-state index is 11.6. The molecule has 6 heteroatoms. The third-order valence-electron chi connectivity index (χ3n) is 3.66. The Morgan fingerprint density at radius 3 is 2.83 bits per heavy atom. The van der Waals surface area contributed by atoms with E-state index >= 15 is 0 Å². The number of carbonyl (C=O) groups is 1. The van der Waals surface area contributed by atoms with Crippen molar-refractivity contribution in [1.82, 2.24) is 10.3 Å². The third-order valence-corrected chi connectivity index (χ3v) is 4.80. The van der Waals surface area contributed by atoms with Crippen LogP contribution in [0.4, 0.5) is 5.13 Å². The molecule has 1 unspecified atom stereocenters. The zero-order chi connectivity index (χ0) is 16.8. The van der Waals surface area contributed by atoms with E-state index in [1.807, 2.05) is 30.5 Å². The fraction of sp³-hybridized carbons (Fsp3) is 0.412. The summed E-state index contributed by atoms with van der Waals surface area (Å²) in [6.45, 7) is 6.95. The Bertz CT molecular complexity index is 659. The van der Waals surface area contributed by atoms with Crippen molar-refractivity contribution in [2.24, 2.45) is 0 Å². The number of hydrogen-bond donors (Lipinski definition) is 1.